The lowest BCUT2D eigenvalue weighted by Crippen LogP contribution is -2.37. The maximum absolute atomic E-state index is 12.3. The van der Waals surface area contributed by atoms with E-state index in [1.165, 1.54) is 7.11 Å². The van der Waals surface area contributed by atoms with Crippen LogP contribution in [0.5, 0.6) is 5.75 Å². The van der Waals surface area contributed by atoms with E-state index in [9.17, 15) is 19.2 Å². The van der Waals surface area contributed by atoms with Crippen LogP contribution < -0.4 is 21.7 Å². The third-order valence-corrected chi connectivity index (χ3v) is 3.86. The highest BCUT2D eigenvalue weighted by Crippen LogP contribution is 2.18. The van der Waals surface area contributed by atoms with Gasteiger partial charge in [0, 0.05) is 12.1 Å². The second-order valence-corrected chi connectivity index (χ2v) is 5.74. The molecule has 0 bridgehead atoms. The summed E-state index contributed by atoms with van der Waals surface area (Å²) < 4.78 is 11.2. The smallest absolute Gasteiger partial charge is 0.329 e. The van der Waals surface area contributed by atoms with Crippen molar-refractivity contribution >= 4 is 17.6 Å². The Bertz CT molecular complexity index is 960. The maximum atomic E-state index is 12.3. The highest BCUT2D eigenvalue weighted by Gasteiger charge is 2.20. The van der Waals surface area contributed by atoms with Gasteiger partial charge in [-0.15, -0.1) is 0 Å². The first-order valence-electron chi connectivity index (χ1n) is 8.32. The summed E-state index contributed by atoms with van der Waals surface area (Å²) in [5.41, 5.74) is 4.42. The molecule has 2 aromatic rings. The Hall–Kier alpha value is -3.36. The number of para-hydroxylation sites is 1. The van der Waals surface area contributed by atoms with Gasteiger partial charge < -0.3 is 15.2 Å². The SMILES string of the molecule is CCCn1c(N)c(C(=O)COC(=O)Cc2ccccc2OC)c(=O)[nH]c1=O. The third-order valence-electron chi connectivity index (χ3n) is 3.86. The summed E-state index contributed by atoms with van der Waals surface area (Å²) in [4.78, 5) is 50.1. The fourth-order valence-corrected chi connectivity index (χ4v) is 2.58. The summed E-state index contributed by atoms with van der Waals surface area (Å²) in [6.07, 6.45) is 0.482. The van der Waals surface area contributed by atoms with Crippen LogP contribution in [0.4, 0.5) is 5.82 Å². The molecule has 1 aromatic heterocycles. The zero-order chi connectivity index (χ0) is 20.0. The van der Waals surface area contributed by atoms with Gasteiger partial charge in [-0.25, -0.2) is 4.79 Å². The van der Waals surface area contributed by atoms with Gasteiger partial charge in [0.2, 0.25) is 5.78 Å². The lowest BCUT2D eigenvalue weighted by atomic mass is 10.1. The lowest BCUT2D eigenvalue weighted by Gasteiger charge is -2.11. The number of benzene rings is 1. The Balaban J connectivity index is 2.12. The summed E-state index contributed by atoms with van der Waals surface area (Å²) in [5.74, 6) is -1.17. The number of H-pyrrole nitrogens is 1. The quantitative estimate of drug-likeness (QED) is 0.507. The van der Waals surface area contributed by atoms with E-state index >= 15 is 0 Å². The molecule has 2 rings (SSSR count). The number of nitrogens with two attached hydrogens (primary N) is 1. The summed E-state index contributed by atoms with van der Waals surface area (Å²) in [5, 5.41) is 0. The minimum absolute atomic E-state index is 0.0987. The average molecular weight is 375 g/mol. The van der Waals surface area contributed by atoms with E-state index in [0.29, 0.717) is 17.7 Å². The van der Waals surface area contributed by atoms with E-state index in [2.05, 4.69) is 4.98 Å². The molecule has 0 aliphatic carbocycles. The number of hydrogen-bond donors (Lipinski definition) is 2. The van der Waals surface area contributed by atoms with E-state index in [1.807, 2.05) is 6.92 Å². The molecule has 0 atom stereocenters. The number of carbonyl (C=O) groups is 2. The fraction of sp³-hybridized carbons (Fsp3) is 0.333. The molecule has 0 radical (unpaired) electrons. The summed E-state index contributed by atoms with van der Waals surface area (Å²) in [7, 11) is 1.48. The standard InChI is InChI=1S/C18H21N3O6/c1-3-8-21-16(19)15(17(24)20-18(21)25)12(22)10-27-14(23)9-11-6-4-5-7-13(11)26-2/h4-7H,3,8-10,19H2,1-2H3,(H,20,24,25). The Morgan fingerprint density at radius 3 is 2.59 bits per heavy atom. The number of ketones is 1. The highest BCUT2D eigenvalue weighted by molar-refractivity contribution is 6.01. The number of aromatic amines is 1. The van der Waals surface area contributed by atoms with E-state index in [4.69, 9.17) is 15.2 Å². The number of hydrogen-bond acceptors (Lipinski definition) is 7. The molecular weight excluding hydrogens is 354 g/mol. The number of nitrogens with zero attached hydrogens (tertiary/aromatic N) is 1. The molecule has 3 N–H and O–H groups in total. The number of Topliss-reactive ketones (excluding diaryl/α,β-unsaturated/α-hetero) is 1. The van der Waals surface area contributed by atoms with Crippen LogP contribution in [0, 0.1) is 0 Å². The van der Waals surface area contributed by atoms with Gasteiger partial charge in [-0.2, -0.15) is 0 Å². The van der Waals surface area contributed by atoms with Crippen molar-refractivity contribution in [2.45, 2.75) is 26.3 Å². The van der Waals surface area contributed by atoms with Crippen LogP contribution in [0.25, 0.3) is 0 Å². The van der Waals surface area contributed by atoms with Crippen LogP contribution in [-0.2, 0) is 22.5 Å². The number of esters is 1. The fourth-order valence-electron chi connectivity index (χ4n) is 2.58. The number of anilines is 1. The Morgan fingerprint density at radius 1 is 1.22 bits per heavy atom. The van der Waals surface area contributed by atoms with Gasteiger partial charge in [-0.1, -0.05) is 25.1 Å². The van der Waals surface area contributed by atoms with Gasteiger partial charge in [0.1, 0.15) is 17.1 Å². The van der Waals surface area contributed by atoms with Gasteiger partial charge in [0.05, 0.1) is 13.5 Å². The first kappa shape index (κ1) is 20.0. The van der Waals surface area contributed by atoms with Crippen molar-refractivity contribution in [3.05, 3.63) is 56.2 Å². The van der Waals surface area contributed by atoms with Crippen molar-refractivity contribution in [1.29, 1.82) is 0 Å². The number of rotatable bonds is 8. The first-order chi connectivity index (χ1) is 12.9. The molecule has 9 nitrogen and oxygen atoms in total. The van der Waals surface area contributed by atoms with Gasteiger partial charge in [-0.3, -0.25) is 23.9 Å². The molecule has 9 heteroatoms. The first-order valence-corrected chi connectivity index (χ1v) is 8.32. The number of ether oxygens (including phenoxy) is 2. The van der Waals surface area contributed by atoms with Crippen molar-refractivity contribution in [3.8, 4) is 5.75 Å². The predicted octanol–water partition coefficient (Wildman–Crippen LogP) is 0.506. The minimum atomic E-state index is -0.907. The van der Waals surface area contributed by atoms with Crippen LogP contribution in [0.2, 0.25) is 0 Å². The number of carbonyl (C=O) groups excluding carboxylic acids is 2. The van der Waals surface area contributed by atoms with Crippen LogP contribution >= 0.6 is 0 Å². The van der Waals surface area contributed by atoms with Crippen molar-refractivity contribution < 1.29 is 19.1 Å². The molecule has 0 unspecified atom stereocenters. The molecule has 0 aliphatic heterocycles. The molecule has 1 heterocycles. The number of aromatic nitrogens is 2. The van der Waals surface area contributed by atoms with Crippen molar-refractivity contribution in [1.82, 2.24) is 9.55 Å². The van der Waals surface area contributed by atoms with E-state index < -0.39 is 35.2 Å². The number of methoxy groups -OCH3 is 1. The Morgan fingerprint density at radius 2 is 1.93 bits per heavy atom. The molecule has 27 heavy (non-hydrogen) atoms. The zero-order valence-corrected chi connectivity index (χ0v) is 15.1. The Kier molecular flexibility index (Phi) is 6.53. The van der Waals surface area contributed by atoms with Crippen LogP contribution in [0.15, 0.2) is 33.9 Å². The van der Waals surface area contributed by atoms with Gasteiger partial charge in [0.15, 0.2) is 6.61 Å². The zero-order valence-electron chi connectivity index (χ0n) is 15.1. The number of nitrogen functional groups attached to an aromatic ring is 1. The Labute approximate surface area is 154 Å². The van der Waals surface area contributed by atoms with E-state index in [-0.39, 0.29) is 18.8 Å². The summed E-state index contributed by atoms with van der Waals surface area (Å²) >= 11 is 0. The van der Waals surface area contributed by atoms with Gasteiger partial charge in [-0.05, 0) is 12.5 Å². The molecule has 0 saturated carbocycles. The molecule has 0 spiro atoms. The molecule has 0 saturated heterocycles. The third kappa shape index (κ3) is 4.63. The van der Waals surface area contributed by atoms with Gasteiger partial charge in [0.25, 0.3) is 5.56 Å². The van der Waals surface area contributed by atoms with Crippen LogP contribution in [-0.4, -0.2) is 35.0 Å². The highest BCUT2D eigenvalue weighted by atomic mass is 16.5. The molecule has 0 aliphatic rings. The largest absolute Gasteiger partial charge is 0.496 e. The molecule has 1 aromatic carbocycles. The maximum Gasteiger partial charge on any atom is 0.329 e. The van der Waals surface area contributed by atoms with Gasteiger partial charge >= 0.3 is 11.7 Å². The van der Waals surface area contributed by atoms with E-state index in [1.54, 1.807) is 24.3 Å². The predicted molar refractivity (Wildman–Crippen MR) is 98.0 cm³/mol. The van der Waals surface area contributed by atoms with Crippen molar-refractivity contribution in [2.75, 3.05) is 19.5 Å². The van der Waals surface area contributed by atoms with Crippen LogP contribution in [0.3, 0.4) is 0 Å². The van der Waals surface area contributed by atoms with Crippen molar-refractivity contribution in [2.24, 2.45) is 0 Å². The van der Waals surface area contributed by atoms with Crippen LogP contribution in [0.1, 0.15) is 29.3 Å². The molecule has 0 fully saturated rings. The second kappa shape index (κ2) is 8.84. The normalized spacial score (nSPS) is 10.4. The summed E-state index contributed by atoms with van der Waals surface area (Å²) in [6, 6.07) is 6.90. The monoisotopic (exact) mass is 375 g/mol. The molecule has 144 valence electrons. The average Bonchev–Trinajstić information content (AvgIpc) is 2.63. The molecular formula is C18H21N3O6. The minimum Gasteiger partial charge on any atom is -0.496 e. The van der Waals surface area contributed by atoms with E-state index in [0.717, 1.165) is 4.57 Å². The topological polar surface area (TPSA) is 133 Å². The summed E-state index contributed by atoms with van der Waals surface area (Å²) in [6.45, 7) is 1.40. The lowest BCUT2D eigenvalue weighted by molar-refractivity contribution is -0.141. The van der Waals surface area contributed by atoms with Crippen molar-refractivity contribution in [3.63, 3.8) is 0 Å². The number of nitrogens with one attached hydrogen (secondary N) is 1. The molecule has 0 amide bonds. The second-order valence-electron chi connectivity index (χ2n) is 5.74.